The number of hydrogen-bond donors (Lipinski definition) is 1. The van der Waals surface area contributed by atoms with Gasteiger partial charge < -0.3 is 5.32 Å². The molecular weight excluding hydrogens is 318 g/mol. The molecule has 3 heterocycles. The fourth-order valence-corrected chi connectivity index (χ4v) is 3.15. The Labute approximate surface area is 143 Å². The third-order valence-electron chi connectivity index (χ3n) is 3.65. The Morgan fingerprint density at radius 2 is 1.83 bits per heavy atom. The van der Waals surface area contributed by atoms with Crippen molar-refractivity contribution >= 4 is 22.3 Å². The number of benzene rings is 1. The van der Waals surface area contributed by atoms with Gasteiger partial charge in [0.05, 0.1) is 11.4 Å². The second-order valence-electron chi connectivity index (χ2n) is 5.31. The van der Waals surface area contributed by atoms with E-state index in [1.807, 2.05) is 59.7 Å². The van der Waals surface area contributed by atoms with Crippen LogP contribution in [0.1, 0.15) is 0 Å². The zero-order valence-electron chi connectivity index (χ0n) is 13.0. The van der Waals surface area contributed by atoms with Crippen molar-refractivity contribution in [3.05, 3.63) is 66.3 Å². The van der Waals surface area contributed by atoms with E-state index >= 15 is 0 Å². The maximum Gasteiger partial charge on any atom is 0.188 e. The number of nitrogens with zero attached hydrogens (tertiary/aromatic N) is 4. The second-order valence-corrected chi connectivity index (χ2v) is 6.17. The lowest BCUT2D eigenvalue weighted by atomic mass is 10.2. The van der Waals surface area contributed by atoms with Crippen molar-refractivity contribution in [2.75, 3.05) is 5.32 Å². The first kappa shape index (κ1) is 14.6. The van der Waals surface area contributed by atoms with E-state index < -0.39 is 0 Å². The fraction of sp³-hybridized carbons (Fsp3) is 0.0556. The Hall–Kier alpha value is -2.99. The van der Waals surface area contributed by atoms with Crippen LogP contribution in [-0.4, -0.2) is 19.7 Å². The summed E-state index contributed by atoms with van der Waals surface area (Å²) < 4.78 is 1.83. The van der Waals surface area contributed by atoms with E-state index in [9.17, 15) is 0 Å². The first-order valence-corrected chi connectivity index (χ1v) is 8.40. The molecular formula is C18H15N5S. The molecule has 0 aliphatic heterocycles. The van der Waals surface area contributed by atoms with E-state index in [2.05, 4.69) is 32.5 Å². The van der Waals surface area contributed by atoms with Gasteiger partial charge in [-0.2, -0.15) is 5.10 Å². The minimum absolute atomic E-state index is 0.830. The molecule has 0 spiro atoms. The highest BCUT2D eigenvalue weighted by Gasteiger charge is 2.10. The Morgan fingerprint density at radius 3 is 2.62 bits per heavy atom. The van der Waals surface area contributed by atoms with Gasteiger partial charge >= 0.3 is 0 Å². The predicted octanol–water partition coefficient (Wildman–Crippen LogP) is 4.35. The van der Waals surface area contributed by atoms with Gasteiger partial charge in [0.1, 0.15) is 5.82 Å². The van der Waals surface area contributed by atoms with E-state index in [4.69, 9.17) is 0 Å². The van der Waals surface area contributed by atoms with E-state index in [0.717, 1.165) is 33.5 Å². The van der Waals surface area contributed by atoms with Crippen LogP contribution in [0.4, 0.5) is 10.9 Å². The van der Waals surface area contributed by atoms with Gasteiger partial charge in [0.15, 0.2) is 5.13 Å². The van der Waals surface area contributed by atoms with Crippen LogP contribution in [0.3, 0.4) is 0 Å². The van der Waals surface area contributed by atoms with Gasteiger partial charge in [-0.05, 0) is 12.1 Å². The van der Waals surface area contributed by atoms with Crippen LogP contribution in [-0.2, 0) is 7.05 Å². The lowest BCUT2D eigenvalue weighted by Gasteiger charge is -2.01. The molecule has 0 fully saturated rings. The van der Waals surface area contributed by atoms with Crippen LogP contribution in [0.25, 0.3) is 22.5 Å². The van der Waals surface area contributed by atoms with Crippen molar-refractivity contribution in [3.63, 3.8) is 0 Å². The van der Waals surface area contributed by atoms with Crippen LogP contribution in [0, 0.1) is 0 Å². The van der Waals surface area contributed by atoms with Crippen LogP contribution in [0.15, 0.2) is 66.3 Å². The van der Waals surface area contributed by atoms with Crippen LogP contribution >= 0.6 is 11.3 Å². The summed E-state index contributed by atoms with van der Waals surface area (Å²) in [6.45, 7) is 0. The van der Waals surface area contributed by atoms with Crippen LogP contribution in [0.2, 0.25) is 0 Å². The topological polar surface area (TPSA) is 55.6 Å². The molecule has 6 heteroatoms. The number of hydrogen-bond acceptors (Lipinski definition) is 5. The predicted molar refractivity (Wildman–Crippen MR) is 97.3 cm³/mol. The highest BCUT2D eigenvalue weighted by Crippen LogP contribution is 2.28. The quantitative estimate of drug-likeness (QED) is 0.603. The average molecular weight is 333 g/mol. The van der Waals surface area contributed by atoms with Crippen molar-refractivity contribution in [2.24, 2.45) is 7.05 Å². The molecule has 0 saturated heterocycles. The minimum atomic E-state index is 0.830. The molecule has 4 aromatic rings. The summed E-state index contributed by atoms with van der Waals surface area (Å²) in [7, 11) is 1.92. The highest BCUT2D eigenvalue weighted by atomic mass is 32.1. The van der Waals surface area contributed by atoms with Crippen molar-refractivity contribution in [3.8, 4) is 22.5 Å². The molecule has 0 amide bonds. The molecule has 0 saturated carbocycles. The summed E-state index contributed by atoms with van der Waals surface area (Å²) in [6.07, 6.45) is 3.58. The summed E-state index contributed by atoms with van der Waals surface area (Å²) in [5.41, 5.74) is 3.96. The number of anilines is 2. The number of thiazole rings is 1. The number of nitrogens with one attached hydrogen (secondary N) is 1. The molecule has 0 radical (unpaired) electrons. The normalized spacial score (nSPS) is 10.7. The third-order valence-corrected chi connectivity index (χ3v) is 4.40. The number of aryl methyl sites for hydroxylation is 1. The van der Waals surface area contributed by atoms with Gasteiger partial charge in [-0.1, -0.05) is 30.3 Å². The molecule has 118 valence electrons. The maximum atomic E-state index is 4.63. The largest absolute Gasteiger partial charge is 0.316 e. The highest BCUT2D eigenvalue weighted by molar-refractivity contribution is 7.14. The Morgan fingerprint density at radius 1 is 1.00 bits per heavy atom. The molecule has 0 bridgehead atoms. The van der Waals surface area contributed by atoms with Crippen molar-refractivity contribution in [1.82, 2.24) is 19.7 Å². The summed E-state index contributed by atoms with van der Waals surface area (Å²) in [5.74, 6) is 0.904. The van der Waals surface area contributed by atoms with Crippen LogP contribution < -0.4 is 5.32 Å². The van der Waals surface area contributed by atoms with Gasteiger partial charge in [-0.25, -0.2) is 4.98 Å². The molecule has 24 heavy (non-hydrogen) atoms. The fourth-order valence-electron chi connectivity index (χ4n) is 2.42. The summed E-state index contributed by atoms with van der Waals surface area (Å²) in [5, 5.41) is 10.8. The van der Waals surface area contributed by atoms with Gasteiger partial charge in [0.25, 0.3) is 0 Å². The van der Waals surface area contributed by atoms with Crippen molar-refractivity contribution in [2.45, 2.75) is 0 Å². The molecule has 4 rings (SSSR count). The molecule has 1 aromatic carbocycles. The van der Waals surface area contributed by atoms with Gasteiger partial charge in [-0.3, -0.25) is 9.67 Å². The second kappa shape index (κ2) is 6.25. The molecule has 5 nitrogen and oxygen atoms in total. The van der Waals surface area contributed by atoms with Crippen LogP contribution in [0.5, 0.6) is 0 Å². The third kappa shape index (κ3) is 2.91. The molecule has 0 atom stereocenters. The standard InChI is InChI=1S/C18H15N5S/c1-23-17(10-15(22-23)13-6-3-2-4-7-13)21-18-20-16(12-24-18)14-8-5-9-19-11-14/h2-12H,1H3,(H,20,21). The summed E-state index contributed by atoms with van der Waals surface area (Å²) in [6, 6.07) is 16.1. The lowest BCUT2D eigenvalue weighted by molar-refractivity contribution is 0.780. The van der Waals surface area contributed by atoms with E-state index in [0.29, 0.717) is 0 Å². The molecule has 0 unspecified atom stereocenters. The smallest absolute Gasteiger partial charge is 0.188 e. The van der Waals surface area contributed by atoms with E-state index in [1.54, 1.807) is 17.5 Å². The number of pyridine rings is 1. The first-order chi connectivity index (χ1) is 11.8. The zero-order chi connectivity index (χ0) is 16.4. The summed E-state index contributed by atoms with van der Waals surface area (Å²) >= 11 is 1.56. The van der Waals surface area contributed by atoms with E-state index in [1.165, 1.54) is 0 Å². The average Bonchev–Trinajstić information content (AvgIpc) is 3.24. The molecule has 0 aliphatic rings. The van der Waals surface area contributed by atoms with Gasteiger partial charge in [-0.15, -0.1) is 11.3 Å². The summed E-state index contributed by atoms with van der Waals surface area (Å²) in [4.78, 5) is 8.76. The maximum absolute atomic E-state index is 4.63. The van der Waals surface area contributed by atoms with Gasteiger partial charge in [0, 0.05) is 42.0 Å². The zero-order valence-corrected chi connectivity index (χ0v) is 13.9. The van der Waals surface area contributed by atoms with E-state index in [-0.39, 0.29) is 0 Å². The van der Waals surface area contributed by atoms with Crippen molar-refractivity contribution < 1.29 is 0 Å². The first-order valence-electron chi connectivity index (χ1n) is 7.52. The van der Waals surface area contributed by atoms with Crippen molar-refractivity contribution in [1.29, 1.82) is 0 Å². The SMILES string of the molecule is Cn1nc(-c2ccccc2)cc1Nc1nc(-c2cccnc2)cs1. The number of rotatable bonds is 4. The molecule has 1 N–H and O–H groups in total. The Balaban J connectivity index is 1.58. The minimum Gasteiger partial charge on any atom is -0.316 e. The number of aromatic nitrogens is 4. The molecule has 0 aliphatic carbocycles. The molecule has 3 aromatic heterocycles. The monoisotopic (exact) mass is 333 g/mol. The Bertz CT molecular complexity index is 944. The Kier molecular flexibility index (Phi) is 3.80. The van der Waals surface area contributed by atoms with Gasteiger partial charge in [0.2, 0.25) is 0 Å². The lowest BCUT2D eigenvalue weighted by Crippen LogP contribution is -1.98.